The molecule has 0 saturated carbocycles. The number of fused-ring (bicyclic) bond motifs is 1. The fraction of sp³-hybridized carbons (Fsp3) is 0.579. The Morgan fingerprint density at radius 1 is 1.04 bits per heavy atom. The molecule has 1 unspecified atom stereocenters. The van der Waals surface area contributed by atoms with Gasteiger partial charge in [0.1, 0.15) is 11.6 Å². The van der Waals surface area contributed by atoms with Gasteiger partial charge in [0.25, 0.3) is 0 Å². The second kappa shape index (κ2) is 7.36. The van der Waals surface area contributed by atoms with Crippen molar-refractivity contribution < 1.29 is 0 Å². The first-order valence-corrected chi connectivity index (χ1v) is 9.98. The van der Waals surface area contributed by atoms with Gasteiger partial charge in [0, 0.05) is 36.4 Å². The van der Waals surface area contributed by atoms with Gasteiger partial charge in [-0.15, -0.1) is 10.2 Å². The van der Waals surface area contributed by atoms with Crippen LogP contribution in [0, 0.1) is 0 Å². The van der Waals surface area contributed by atoms with E-state index in [1.165, 1.54) is 60.3 Å². The molecule has 0 radical (unpaired) electrons. The summed E-state index contributed by atoms with van der Waals surface area (Å²) < 4.78 is 3.64. The van der Waals surface area contributed by atoms with Crippen molar-refractivity contribution in [3.8, 4) is 0 Å². The Kier molecular flexibility index (Phi) is 4.99. The topological polar surface area (TPSA) is 34.0 Å². The van der Waals surface area contributed by atoms with Crippen LogP contribution < -0.4 is 0 Å². The molecule has 1 aromatic heterocycles. The Hall–Kier alpha value is -1.20. The van der Waals surface area contributed by atoms with Crippen LogP contribution in [-0.2, 0) is 19.5 Å². The van der Waals surface area contributed by atoms with Crippen LogP contribution in [0.2, 0.25) is 0 Å². The number of benzene rings is 1. The third kappa shape index (κ3) is 3.42. The maximum atomic E-state index is 4.60. The standard InChI is InChI=1S/C19H25BrN4/c20-17-9-4-3-7-15(17)13-23-11-6-8-16(14-23)19-22-21-18-10-2-1-5-12-24(18)19/h3-4,7,9,16H,1-2,5-6,8,10-14H2. The van der Waals surface area contributed by atoms with E-state index in [1.807, 2.05) is 0 Å². The molecule has 4 rings (SSSR count). The summed E-state index contributed by atoms with van der Waals surface area (Å²) in [5.41, 5.74) is 1.37. The van der Waals surface area contributed by atoms with E-state index in [1.54, 1.807) is 0 Å². The van der Waals surface area contributed by atoms with Gasteiger partial charge in [-0.2, -0.15) is 0 Å². The third-order valence-corrected chi connectivity index (χ3v) is 6.13. The normalized spacial score (nSPS) is 22.1. The van der Waals surface area contributed by atoms with Crippen LogP contribution in [0.5, 0.6) is 0 Å². The van der Waals surface area contributed by atoms with E-state index in [2.05, 4.69) is 59.9 Å². The molecule has 5 heteroatoms. The van der Waals surface area contributed by atoms with Gasteiger partial charge in [-0.3, -0.25) is 4.90 Å². The lowest BCUT2D eigenvalue weighted by atomic mass is 9.96. The summed E-state index contributed by atoms with van der Waals surface area (Å²) in [5, 5.41) is 9.10. The maximum absolute atomic E-state index is 4.60. The van der Waals surface area contributed by atoms with Crippen molar-refractivity contribution in [2.45, 2.75) is 57.5 Å². The maximum Gasteiger partial charge on any atom is 0.137 e. The SMILES string of the molecule is Brc1ccccc1CN1CCCC(c2nnc3n2CCCCC3)C1. The lowest BCUT2D eigenvalue weighted by Crippen LogP contribution is -2.35. The highest BCUT2D eigenvalue weighted by Crippen LogP contribution is 2.29. The van der Waals surface area contributed by atoms with E-state index in [0.717, 1.165) is 26.1 Å². The molecule has 1 atom stereocenters. The number of likely N-dealkylation sites (tertiary alicyclic amines) is 1. The van der Waals surface area contributed by atoms with Crippen molar-refractivity contribution in [2.75, 3.05) is 13.1 Å². The summed E-state index contributed by atoms with van der Waals surface area (Å²) >= 11 is 3.68. The molecule has 0 bridgehead atoms. The number of hydrogen-bond donors (Lipinski definition) is 0. The Morgan fingerprint density at radius 3 is 2.88 bits per heavy atom. The number of piperidine rings is 1. The highest BCUT2D eigenvalue weighted by atomic mass is 79.9. The van der Waals surface area contributed by atoms with E-state index in [-0.39, 0.29) is 0 Å². The first-order chi connectivity index (χ1) is 11.8. The van der Waals surface area contributed by atoms with Gasteiger partial charge in [-0.05, 0) is 43.9 Å². The van der Waals surface area contributed by atoms with Crippen LogP contribution >= 0.6 is 15.9 Å². The molecule has 2 aliphatic heterocycles. The smallest absolute Gasteiger partial charge is 0.137 e. The fourth-order valence-corrected chi connectivity index (χ4v) is 4.50. The summed E-state index contributed by atoms with van der Waals surface area (Å²) in [6.45, 7) is 4.40. The highest BCUT2D eigenvalue weighted by Gasteiger charge is 2.27. The van der Waals surface area contributed by atoms with E-state index in [0.29, 0.717) is 5.92 Å². The van der Waals surface area contributed by atoms with Gasteiger partial charge in [0.05, 0.1) is 0 Å². The number of halogens is 1. The number of rotatable bonds is 3. The zero-order chi connectivity index (χ0) is 16.4. The van der Waals surface area contributed by atoms with Crippen molar-refractivity contribution in [1.82, 2.24) is 19.7 Å². The van der Waals surface area contributed by atoms with E-state index in [9.17, 15) is 0 Å². The minimum absolute atomic E-state index is 0.528. The molecule has 1 aromatic carbocycles. The summed E-state index contributed by atoms with van der Waals surface area (Å²) in [6, 6.07) is 8.56. The highest BCUT2D eigenvalue weighted by molar-refractivity contribution is 9.10. The number of aromatic nitrogens is 3. The van der Waals surface area contributed by atoms with Gasteiger partial charge < -0.3 is 4.57 Å². The van der Waals surface area contributed by atoms with Gasteiger partial charge in [-0.1, -0.05) is 40.5 Å². The summed E-state index contributed by atoms with van der Waals surface area (Å²) in [7, 11) is 0. The number of nitrogens with zero attached hydrogens (tertiary/aromatic N) is 4. The molecule has 2 aliphatic rings. The fourth-order valence-electron chi connectivity index (χ4n) is 4.09. The minimum Gasteiger partial charge on any atom is -0.315 e. The molecule has 2 aromatic rings. The zero-order valence-electron chi connectivity index (χ0n) is 14.1. The average molecular weight is 389 g/mol. The van der Waals surface area contributed by atoms with Crippen LogP contribution in [-0.4, -0.2) is 32.8 Å². The Labute approximate surface area is 152 Å². The summed E-state index contributed by atoms with van der Waals surface area (Å²) in [5.74, 6) is 2.98. The second-order valence-corrected chi connectivity index (χ2v) is 7.96. The van der Waals surface area contributed by atoms with Crippen LogP contribution in [0.15, 0.2) is 28.7 Å². The van der Waals surface area contributed by atoms with Crippen LogP contribution in [0.1, 0.15) is 55.2 Å². The Balaban J connectivity index is 1.49. The number of hydrogen-bond acceptors (Lipinski definition) is 3. The van der Waals surface area contributed by atoms with Crippen molar-refractivity contribution in [1.29, 1.82) is 0 Å². The summed E-state index contributed by atoms with van der Waals surface area (Å²) in [6.07, 6.45) is 7.44. The molecule has 1 fully saturated rings. The number of aryl methyl sites for hydroxylation is 1. The van der Waals surface area contributed by atoms with Crippen LogP contribution in [0.3, 0.4) is 0 Å². The van der Waals surface area contributed by atoms with Crippen LogP contribution in [0.25, 0.3) is 0 Å². The van der Waals surface area contributed by atoms with Crippen molar-refractivity contribution in [2.24, 2.45) is 0 Å². The van der Waals surface area contributed by atoms with Crippen molar-refractivity contribution >= 4 is 15.9 Å². The molecular formula is C19H25BrN4. The molecule has 0 aliphatic carbocycles. The third-order valence-electron chi connectivity index (χ3n) is 5.36. The molecule has 0 N–H and O–H groups in total. The van der Waals surface area contributed by atoms with Crippen molar-refractivity contribution in [3.05, 3.63) is 46.0 Å². The first kappa shape index (κ1) is 16.3. The predicted octanol–water partition coefficient (Wildman–Crippen LogP) is 4.15. The Bertz CT molecular complexity index is 696. The predicted molar refractivity (Wildman–Crippen MR) is 99.0 cm³/mol. The second-order valence-electron chi connectivity index (χ2n) is 7.10. The lowest BCUT2D eigenvalue weighted by Gasteiger charge is -2.32. The summed E-state index contributed by atoms with van der Waals surface area (Å²) in [4.78, 5) is 2.58. The molecule has 0 spiro atoms. The van der Waals surface area contributed by atoms with Crippen molar-refractivity contribution in [3.63, 3.8) is 0 Å². The van der Waals surface area contributed by atoms with Crippen LogP contribution in [0.4, 0.5) is 0 Å². The quantitative estimate of drug-likeness (QED) is 0.791. The average Bonchev–Trinajstić information content (AvgIpc) is 2.86. The molecule has 0 amide bonds. The van der Waals surface area contributed by atoms with Gasteiger partial charge in [0.15, 0.2) is 0 Å². The van der Waals surface area contributed by atoms with Gasteiger partial charge >= 0.3 is 0 Å². The van der Waals surface area contributed by atoms with E-state index < -0.39 is 0 Å². The largest absolute Gasteiger partial charge is 0.315 e. The molecule has 128 valence electrons. The minimum atomic E-state index is 0.528. The monoisotopic (exact) mass is 388 g/mol. The van der Waals surface area contributed by atoms with E-state index in [4.69, 9.17) is 0 Å². The Morgan fingerprint density at radius 2 is 1.96 bits per heavy atom. The molecule has 24 heavy (non-hydrogen) atoms. The molecular weight excluding hydrogens is 364 g/mol. The van der Waals surface area contributed by atoms with E-state index >= 15 is 0 Å². The molecule has 1 saturated heterocycles. The lowest BCUT2D eigenvalue weighted by molar-refractivity contribution is 0.194. The zero-order valence-corrected chi connectivity index (χ0v) is 15.7. The molecule has 3 heterocycles. The van der Waals surface area contributed by atoms with Gasteiger partial charge in [0.2, 0.25) is 0 Å². The first-order valence-electron chi connectivity index (χ1n) is 9.19. The molecule has 4 nitrogen and oxygen atoms in total. The van der Waals surface area contributed by atoms with Gasteiger partial charge in [-0.25, -0.2) is 0 Å².